The summed E-state index contributed by atoms with van der Waals surface area (Å²) < 4.78 is 0. The molecule has 94 valence electrons. The maximum atomic E-state index is 5.81. The van der Waals surface area contributed by atoms with Crippen molar-refractivity contribution in [2.75, 3.05) is 31.6 Å². The average molecular weight is 274 g/mol. The molecule has 0 aliphatic carbocycles. The van der Waals surface area contributed by atoms with Gasteiger partial charge in [0.15, 0.2) is 0 Å². The Morgan fingerprint density at radius 1 is 1.35 bits per heavy atom. The predicted molar refractivity (Wildman–Crippen MR) is 73.2 cm³/mol. The first kappa shape index (κ1) is 12.9. The van der Waals surface area contributed by atoms with E-state index in [-0.39, 0.29) is 12.4 Å². The summed E-state index contributed by atoms with van der Waals surface area (Å²) in [7, 11) is 2.20. The number of halogens is 2. The quantitative estimate of drug-likeness (QED) is 0.732. The lowest BCUT2D eigenvalue weighted by molar-refractivity contribution is 0.386. The smallest absolute Gasteiger partial charge is 0.129 e. The van der Waals surface area contributed by atoms with Gasteiger partial charge in [-0.05, 0) is 31.5 Å². The van der Waals surface area contributed by atoms with Gasteiger partial charge < -0.3 is 9.80 Å². The van der Waals surface area contributed by atoms with Crippen LogP contribution in [0.2, 0.25) is 5.15 Å². The first-order valence-electron chi connectivity index (χ1n) is 5.81. The van der Waals surface area contributed by atoms with Crippen molar-refractivity contribution in [3.63, 3.8) is 0 Å². The van der Waals surface area contributed by atoms with Gasteiger partial charge in [0.2, 0.25) is 0 Å². The van der Waals surface area contributed by atoms with E-state index in [4.69, 9.17) is 11.6 Å². The lowest BCUT2D eigenvalue weighted by atomic mass is 10.1. The monoisotopic (exact) mass is 273 g/mol. The van der Waals surface area contributed by atoms with Gasteiger partial charge in [0.1, 0.15) is 5.15 Å². The van der Waals surface area contributed by atoms with E-state index in [9.17, 15) is 0 Å². The number of nitrogens with zero attached hydrogens (tertiary/aromatic N) is 3. The molecule has 2 aliphatic heterocycles. The lowest BCUT2D eigenvalue weighted by Gasteiger charge is -2.25. The molecule has 0 saturated carbocycles. The van der Waals surface area contributed by atoms with Crippen LogP contribution in [-0.2, 0) is 0 Å². The van der Waals surface area contributed by atoms with Gasteiger partial charge in [-0.3, -0.25) is 0 Å². The molecule has 0 N–H and O–H groups in total. The highest BCUT2D eigenvalue weighted by atomic mass is 35.5. The predicted octanol–water partition coefficient (Wildman–Crippen LogP) is 2.30. The molecule has 2 saturated heterocycles. The van der Waals surface area contributed by atoms with Crippen LogP contribution >= 0.6 is 24.0 Å². The van der Waals surface area contributed by atoms with Crippen molar-refractivity contribution in [2.45, 2.75) is 12.5 Å². The van der Waals surface area contributed by atoms with Gasteiger partial charge in [-0.2, -0.15) is 0 Å². The molecular formula is C12H17Cl2N3. The van der Waals surface area contributed by atoms with E-state index in [0.29, 0.717) is 11.2 Å². The lowest BCUT2D eigenvalue weighted by Crippen LogP contribution is -2.34. The largest absolute Gasteiger partial charge is 0.366 e. The Balaban J connectivity index is 0.00000108. The highest BCUT2D eigenvalue weighted by molar-refractivity contribution is 6.29. The van der Waals surface area contributed by atoms with E-state index in [0.717, 1.165) is 12.5 Å². The standard InChI is InChI=1S/C12H16ClN3.ClH/c1-15-7-9-4-5-16(11(9)8-15)10-2-3-12(13)14-6-10;/h2-3,6,9,11H,4-5,7-8H2,1H3;1H/t9-,11+;/m1./s1. The fraction of sp³-hybridized carbons (Fsp3) is 0.583. The summed E-state index contributed by atoms with van der Waals surface area (Å²) in [6.45, 7) is 3.57. The second-order valence-corrected chi connectivity index (χ2v) is 5.26. The van der Waals surface area contributed by atoms with E-state index >= 15 is 0 Å². The molecule has 2 atom stereocenters. The molecule has 0 spiro atoms. The summed E-state index contributed by atoms with van der Waals surface area (Å²) in [4.78, 5) is 9.07. The average Bonchev–Trinajstić information content (AvgIpc) is 2.78. The Bertz CT molecular complexity index is 382. The van der Waals surface area contributed by atoms with Gasteiger partial charge in [-0.1, -0.05) is 11.6 Å². The number of hydrogen-bond donors (Lipinski definition) is 0. The molecule has 17 heavy (non-hydrogen) atoms. The maximum Gasteiger partial charge on any atom is 0.129 e. The second-order valence-electron chi connectivity index (χ2n) is 4.87. The van der Waals surface area contributed by atoms with Gasteiger partial charge in [0, 0.05) is 25.7 Å². The number of hydrogen-bond acceptors (Lipinski definition) is 3. The molecule has 0 radical (unpaired) electrons. The maximum absolute atomic E-state index is 5.81. The summed E-state index contributed by atoms with van der Waals surface area (Å²) in [6.07, 6.45) is 3.20. The normalized spacial score (nSPS) is 28.0. The van der Waals surface area contributed by atoms with Crippen molar-refractivity contribution in [1.29, 1.82) is 0 Å². The third-order valence-electron chi connectivity index (χ3n) is 3.77. The van der Waals surface area contributed by atoms with Crippen molar-refractivity contribution < 1.29 is 0 Å². The van der Waals surface area contributed by atoms with Gasteiger partial charge in [-0.15, -0.1) is 12.4 Å². The molecule has 3 rings (SSSR count). The van der Waals surface area contributed by atoms with Gasteiger partial charge >= 0.3 is 0 Å². The molecule has 2 aliphatic rings. The SMILES string of the molecule is CN1C[C@H]2CCN(c3ccc(Cl)nc3)[C@H]2C1.Cl. The van der Waals surface area contributed by atoms with E-state index < -0.39 is 0 Å². The first-order valence-corrected chi connectivity index (χ1v) is 6.18. The minimum atomic E-state index is 0. The molecule has 3 nitrogen and oxygen atoms in total. The van der Waals surface area contributed by atoms with Crippen LogP contribution in [0.5, 0.6) is 0 Å². The Morgan fingerprint density at radius 2 is 2.18 bits per heavy atom. The third-order valence-corrected chi connectivity index (χ3v) is 4.00. The minimum Gasteiger partial charge on any atom is -0.366 e. The minimum absolute atomic E-state index is 0. The van der Waals surface area contributed by atoms with Gasteiger partial charge in [0.05, 0.1) is 11.9 Å². The molecular weight excluding hydrogens is 257 g/mol. The topological polar surface area (TPSA) is 19.4 Å². The fourth-order valence-electron chi connectivity index (χ4n) is 3.03. The number of fused-ring (bicyclic) bond motifs is 1. The molecule has 1 aromatic heterocycles. The van der Waals surface area contributed by atoms with Crippen molar-refractivity contribution in [2.24, 2.45) is 5.92 Å². The van der Waals surface area contributed by atoms with Crippen LogP contribution in [-0.4, -0.2) is 42.6 Å². The number of aromatic nitrogens is 1. The number of likely N-dealkylation sites (tertiary alicyclic amines) is 1. The van der Waals surface area contributed by atoms with Crippen LogP contribution in [0.15, 0.2) is 18.3 Å². The number of anilines is 1. The fourth-order valence-corrected chi connectivity index (χ4v) is 3.14. The molecule has 1 aromatic rings. The second kappa shape index (κ2) is 5.01. The van der Waals surface area contributed by atoms with Crippen LogP contribution in [0.1, 0.15) is 6.42 Å². The Morgan fingerprint density at radius 3 is 2.88 bits per heavy atom. The number of rotatable bonds is 1. The van der Waals surface area contributed by atoms with E-state index in [1.807, 2.05) is 12.3 Å². The van der Waals surface area contributed by atoms with Gasteiger partial charge in [-0.25, -0.2) is 4.98 Å². The summed E-state index contributed by atoms with van der Waals surface area (Å²) >= 11 is 5.81. The highest BCUT2D eigenvalue weighted by Gasteiger charge is 2.39. The Labute approximate surface area is 113 Å². The number of pyridine rings is 1. The third kappa shape index (κ3) is 2.37. The van der Waals surface area contributed by atoms with Crippen LogP contribution in [0.4, 0.5) is 5.69 Å². The zero-order valence-corrected chi connectivity index (χ0v) is 11.4. The molecule has 5 heteroatoms. The van der Waals surface area contributed by atoms with Crippen molar-refractivity contribution in [3.8, 4) is 0 Å². The highest BCUT2D eigenvalue weighted by Crippen LogP contribution is 2.34. The van der Waals surface area contributed by atoms with E-state index in [1.165, 1.54) is 25.2 Å². The Kier molecular flexibility index (Phi) is 3.81. The molecule has 0 bridgehead atoms. The Hall–Kier alpha value is -0.510. The summed E-state index contributed by atoms with van der Waals surface area (Å²) in [5, 5.41) is 0.572. The first-order chi connectivity index (χ1) is 7.74. The molecule has 3 heterocycles. The van der Waals surface area contributed by atoms with Crippen molar-refractivity contribution >= 4 is 29.7 Å². The molecule has 0 amide bonds. The van der Waals surface area contributed by atoms with Crippen LogP contribution in [0.3, 0.4) is 0 Å². The summed E-state index contributed by atoms with van der Waals surface area (Å²) in [5.41, 5.74) is 1.22. The zero-order valence-electron chi connectivity index (χ0n) is 9.84. The van der Waals surface area contributed by atoms with Gasteiger partial charge in [0.25, 0.3) is 0 Å². The zero-order chi connectivity index (χ0) is 11.1. The van der Waals surface area contributed by atoms with Crippen LogP contribution < -0.4 is 4.90 Å². The molecule has 0 aromatic carbocycles. The summed E-state index contributed by atoms with van der Waals surface area (Å²) in [5.74, 6) is 0.834. The number of likely N-dealkylation sites (N-methyl/N-ethyl adjacent to an activating group) is 1. The van der Waals surface area contributed by atoms with Crippen LogP contribution in [0.25, 0.3) is 0 Å². The van der Waals surface area contributed by atoms with E-state index in [2.05, 4.69) is 27.9 Å². The van der Waals surface area contributed by atoms with Crippen LogP contribution in [0, 0.1) is 5.92 Å². The molecule has 0 unspecified atom stereocenters. The van der Waals surface area contributed by atoms with Crippen molar-refractivity contribution in [3.05, 3.63) is 23.5 Å². The summed E-state index contributed by atoms with van der Waals surface area (Å²) in [6, 6.07) is 4.63. The molecule has 2 fully saturated rings. The van der Waals surface area contributed by atoms with Crippen molar-refractivity contribution in [1.82, 2.24) is 9.88 Å². The van der Waals surface area contributed by atoms with E-state index in [1.54, 1.807) is 0 Å².